The van der Waals surface area contributed by atoms with Crippen molar-refractivity contribution in [1.82, 2.24) is 9.88 Å². The number of aromatic nitrogens is 1. The Bertz CT molecular complexity index is 1320. The van der Waals surface area contributed by atoms with E-state index in [0.717, 1.165) is 0 Å². The third-order valence-electron chi connectivity index (χ3n) is 5.27. The summed E-state index contributed by atoms with van der Waals surface area (Å²) in [5.74, 6) is -0.986. The number of ether oxygens (including phenoxy) is 3. The van der Waals surface area contributed by atoms with Crippen LogP contribution in [-0.4, -0.2) is 55.2 Å². The summed E-state index contributed by atoms with van der Waals surface area (Å²) in [7, 11) is 2.92. The van der Waals surface area contributed by atoms with Gasteiger partial charge in [0.2, 0.25) is 0 Å². The van der Waals surface area contributed by atoms with E-state index in [9.17, 15) is 22.8 Å². The molecule has 0 atom stereocenters. The van der Waals surface area contributed by atoms with Gasteiger partial charge in [-0.3, -0.25) is 9.59 Å². The number of halogens is 3. The number of rotatable bonds is 12. The van der Waals surface area contributed by atoms with Crippen LogP contribution in [0, 0.1) is 0 Å². The second kappa shape index (κ2) is 13.1. The van der Waals surface area contributed by atoms with Crippen LogP contribution < -0.4 is 24.3 Å². The molecule has 2 N–H and O–H groups in total. The van der Waals surface area contributed by atoms with Crippen LogP contribution in [0.4, 0.5) is 13.2 Å². The summed E-state index contributed by atoms with van der Waals surface area (Å²) in [5, 5.41) is 13.6. The number of hydrogen-bond acceptors (Lipinski definition) is 7. The first-order valence-electron chi connectivity index (χ1n) is 11.4. The first kappa shape index (κ1) is 28.7. The molecule has 0 radical (unpaired) electrons. The highest BCUT2D eigenvalue weighted by Gasteiger charge is 2.31. The maximum absolute atomic E-state index is 13.1. The predicted octanol–water partition coefficient (Wildman–Crippen LogP) is 4.33. The summed E-state index contributed by atoms with van der Waals surface area (Å²) in [5.41, 5.74) is 1.48. The summed E-state index contributed by atoms with van der Waals surface area (Å²) >= 11 is 1.20. The minimum Gasteiger partial charge on any atom is -0.497 e. The number of amides is 1. The highest BCUT2D eigenvalue weighted by Crippen LogP contribution is 2.28. The van der Waals surface area contributed by atoms with Gasteiger partial charge >= 0.3 is 12.3 Å². The van der Waals surface area contributed by atoms with Crippen LogP contribution in [0.25, 0.3) is 11.3 Å². The number of carbonyl (C=O) groups excluding carboxylic acids is 1. The van der Waals surface area contributed by atoms with Gasteiger partial charge in [0, 0.05) is 24.5 Å². The quantitative estimate of drug-likeness (QED) is 0.321. The molecule has 0 saturated carbocycles. The van der Waals surface area contributed by atoms with E-state index in [-0.39, 0.29) is 17.7 Å². The molecule has 13 heteroatoms. The second-order valence-corrected chi connectivity index (χ2v) is 8.69. The molecule has 0 aliphatic heterocycles. The van der Waals surface area contributed by atoms with Gasteiger partial charge in [0.1, 0.15) is 17.2 Å². The third-order valence-corrected chi connectivity index (χ3v) is 6.13. The number of carbonyl (C=O) groups is 2. The van der Waals surface area contributed by atoms with E-state index in [4.69, 9.17) is 14.6 Å². The molecule has 0 aliphatic carbocycles. The minimum atomic E-state index is -4.80. The Morgan fingerprint density at radius 3 is 2.39 bits per heavy atom. The summed E-state index contributed by atoms with van der Waals surface area (Å²) in [6, 6.07) is 10.1. The number of alkyl halides is 3. The van der Waals surface area contributed by atoms with E-state index < -0.39 is 18.2 Å². The average Bonchev–Trinajstić information content (AvgIpc) is 3.26. The van der Waals surface area contributed by atoms with Crippen molar-refractivity contribution < 1.29 is 42.1 Å². The van der Waals surface area contributed by atoms with E-state index in [0.29, 0.717) is 53.6 Å². The van der Waals surface area contributed by atoms with Crippen LogP contribution in [0.5, 0.6) is 17.2 Å². The van der Waals surface area contributed by atoms with E-state index in [1.54, 1.807) is 28.1 Å². The van der Waals surface area contributed by atoms with Crippen molar-refractivity contribution in [2.24, 2.45) is 4.99 Å². The van der Waals surface area contributed by atoms with Crippen LogP contribution in [0.1, 0.15) is 23.2 Å². The molecule has 38 heavy (non-hydrogen) atoms. The fourth-order valence-corrected chi connectivity index (χ4v) is 4.43. The number of nitrogens with zero attached hydrogens (tertiary/aromatic N) is 2. The lowest BCUT2D eigenvalue weighted by molar-refractivity contribution is -0.274. The number of thiazole rings is 1. The molecule has 0 fully saturated rings. The Kier molecular flexibility index (Phi) is 9.91. The summed E-state index contributed by atoms with van der Waals surface area (Å²) in [6.07, 6.45) is -4.24. The zero-order valence-corrected chi connectivity index (χ0v) is 21.4. The predicted molar refractivity (Wildman–Crippen MR) is 134 cm³/mol. The molecule has 0 saturated heterocycles. The standard InChI is InChI=1S/C25H26F3N3O6S/c1-35-18-8-9-19(21(14-18)36-2)23(34)30-24-31(13-3-11-29-12-10-22(32)33)20(15-38-24)16-4-6-17(7-5-16)37-25(26,27)28/h4-9,14-15,29H,3,10-13H2,1-2H3,(H,32,33). The van der Waals surface area contributed by atoms with Crippen molar-refractivity contribution in [3.05, 3.63) is 58.2 Å². The van der Waals surface area contributed by atoms with Gasteiger partial charge in [-0.15, -0.1) is 24.5 Å². The van der Waals surface area contributed by atoms with E-state index in [1.807, 2.05) is 0 Å². The van der Waals surface area contributed by atoms with Gasteiger partial charge in [0.25, 0.3) is 5.91 Å². The Balaban J connectivity index is 1.91. The van der Waals surface area contributed by atoms with E-state index in [2.05, 4.69) is 15.0 Å². The molecule has 0 unspecified atom stereocenters. The lowest BCUT2D eigenvalue weighted by Gasteiger charge is -2.12. The zero-order valence-electron chi connectivity index (χ0n) is 20.6. The average molecular weight is 554 g/mol. The molecular weight excluding hydrogens is 527 g/mol. The normalized spacial score (nSPS) is 11.9. The van der Waals surface area contributed by atoms with Crippen LogP contribution in [0.15, 0.2) is 52.8 Å². The summed E-state index contributed by atoms with van der Waals surface area (Å²) < 4.78 is 53.8. The molecule has 0 aliphatic rings. The number of methoxy groups -OCH3 is 2. The molecule has 3 rings (SSSR count). The van der Waals surface area contributed by atoms with Crippen LogP contribution in [0.2, 0.25) is 0 Å². The summed E-state index contributed by atoms with van der Waals surface area (Å²) in [6.45, 7) is 1.23. The van der Waals surface area contributed by atoms with Gasteiger partial charge in [-0.2, -0.15) is 4.99 Å². The number of aliphatic carboxylic acids is 1. The SMILES string of the molecule is COc1ccc(C(=O)N=c2scc(-c3ccc(OC(F)(F)F)cc3)n2CCCNCCC(=O)O)c(OC)c1. The van der Waals surface area contributed by atoms with Gasteiger partial charge in [-0.25, -0.2) is 0 Å². The Hall–Kier alpha value is -3.84. The van der Waals surface area contributed by atoms with Crippen molar-refractivity contribution in [2.75, 3.05) is 27.3 Å². The monoisotopic (exact) mass is 553 g/mol. The molecular formula is C25H26F3N3O6S. The summed E-state index contributed by atoms with van der Waals surface area (Å²) in [4.78, 5) is 28.4. The van der Waals surface area contributed by atoms with Crippen molar-refractivity contribution in [3.63, 3.8) is 0 Å². The Morgan fingerprint density at radius 2 is 1.76 bits per heavy atom. The van der Waals surface area contributed by atoms with Gasteiger partial charge in [-0.1, -0.05) is 0 Å². The van der Waals surface area contributed by atoms with Crippen LogP contribution in [0.3, 0.4) is 0 Å². The molecule has 2 aromatic carbocycles. The Labute approximate surface area is 220 Å². The number of nitrogens with one attached hydrogen (secondary N) is 1. The maximum Gasteiger partial charge on any atom is 0.573 e. The van der Waals surface area contributed by atoms with Crippen LogP contribution >= 0.6 is 11.3 Å². The molecule has 0 bridgehead atoms. The van der Waals surface area contributed by atoms with Gasteiger partial charge < -0.3 is 29.2 Å². The second-order valence-electron chi connectivity index (χ2n) is 7.86. The lowest BCUT2D eigenvalue weighted by atomic mass is 10.1. The van der Waals surface area contributed by atoms with Crippen molar-refractivity contribution in [1.29, 1.82) is 0 Å². The molecule has 1 amide bonds. The minimum absolute atomic E-state index is 0.0119. The fourth-order valence-electron chi connectivity index (χ4n) is 3.50. The smallest absolute Gasteiger partial charge is 0.497 e. The highest BCUT2D eigenvalue weighted by atomic mass is 32.1. The first-order chi connectivity index (χ1) is 18.1. The highest BCUT2D eigenvalue weighted by molar-refractivity contribution is 7.07. The number of carboxylic acid groups (broad SMARTS) is 1. The molecule has 3 aromatic rings. The Morgan fingerprint density at radius 1 is 1.05 bits per heavy atom. The lowest BCUT2D eigenvalue weighted by Crippen LogP contribution is -2.23. The first-order valence-corrected chi connectivity index (χ1v) is 12.3. The maximum atomic E-state index is 13.1. The van der Waals surface area contributed by atoms with E-state index in [1.165, 1.54) is 49.8 Å². The van der Waals surface area contributed by atoms with Gasteiger partial charge in [-0.05, 0) is 54.9 Å². The number of carboxylic acids is 1. The molecule has 1 heterocycles. The molecule has 1 aromatic heterocycles. The molecule has 9 nitrogen and oxygen atoms in total. The molecule has 0 spiro atoms. The number of benzene rings is 2. The fraction of sp³-hybridized carbons (Fsp3) is 0.320. The topological polar surface area (TPSA) is 111 Å². The van der Waals surface area contributed by atoms with Crippen molar-refractivity contribution in [2.45, 2.75) is 25.7 Å². The third kappa shape index (κ3) is 8.08. The van der Waals surface area contributed by atoms with Gasteiger partial charge in [0.05, 0.1) is 31.9 Å². The molecule has 204 valence electrons. The number of hydrogen-bond donors (Lipinski definition) is 2. The van der Waals surface area contributed by atoms with Gasteiger partial charge in [0.15, 0.2) is 4.80 Å². The van der Waals surface area contributed by atoms with Crippen molar-refractivity contribution in [3.8, 4) is 28.5 Å². The zero-order chi connectivity index (χ0) is 27.7. The largest absolute Gasteiger partial charge is 0.573 e. The van der Waals surface area contributed by atoms with Crippen molar-refractivity contribution >= 4 is 23.2 Å². The van der Waals surface area contributed by atoms with Crippen LogP contribution in [-0.2, 0) is 11.3 Å². The van der Waals surface area contributed by atoms with E-state index >= 15 is 0 Å².